The van der Waals surface area contributed by atoms with Crippen molar-refractivity contribution in [2.75, 3.05) is 0 Å². The Hall–Kier alpha value is 1.77. The van der Waals surface area contributed by atoms with E-state index in [4.69, 9.17) is 19.9 Å². The molecule has 0 rings (SSSR count). The van der Waals surface area contributed by atoms with Crippen molar-refractivity contribution in [3.63, 3.8) is 0 Å². The average molecular weight is 330 g/mol. The number of aliphatic hydroxyl groups is 1. The first-order valence-electron chi connectivity index (χ1n) is 3.82. The first kappa shape index (κ1) is 28.9. The first-order chi connectivity index (χ1) is 7.07. The van der Waals surface area contributed by atoms with Crippen LogP contribution < -0.4 is 0 Å². The molecule has 0 bridgehead atoms. The van der Waals surface area contributed by atoms with Gasteiger partial charge in [-0.3, -0.25) is 9.35 Å². The van der Waals surface area contributed by atoms with E-state index in [0.717, 1.165) is 6.92 Å². The van der Waals surface area contributed by atoms with Crippen LogP contribution in [0, 0.1) is 0 Å². The Labute approximate surface area is 175 Å². The molecule has 0 spiro atoms. The molecule has 13 heteroatoms. The molecule has 0 fully saturated rings. The third-order valence-corrected chi connectivity index (χ3v) is 2.52. The Kier molecular flexibility index (Phi) is 18.7. The monoisotopic (exact) mass is 330 g/mol. The molecule has 100 valence electrons. The summed E-state index contributed by atoms with van der Waals surface area (Å²) in [5.41, 5.74) is 0. The van der Waals surface area contributed by atoms with Gasteiger partial charge in [0.2, 0.25) is 5.25 Å². The maximum atomic E-state index is 10.7. The zero-order valence-corrected chi connectivity index (χ0v) is 8.79. The van der Waals surface area contributed by atoms with Gasteiger partial charge in [-0.05, 0) is 6.92 Å². The number of carboxylic acids is 2. The topological polar surface area (TPSA) is 158 Å². The minimum atomic E-state index is -5.17. The molecule has 0 amide bonds. The van der Waals surface area contributed by atoms with E-state index in [-0.39, 0.29) is 88.7 Å². The number of hydrogen-bond donors (Lipinski definition) is 4. The van der Waals surface area contributed by atoms with Crippen LogP contribution in [-0.2, 0) is 24.4 Å². The van der Waals surface area contributed by atoms with Crippen molar-refractivity contribution in [3.05, 3.63) is 0 Å². The van der Waals surface area contributed by atoms with Gasteiger partial charge in [-0.1, -0.05) is 0 Å². The number of rotatable bonds is 6. The fourth-order valence-electron chi connectivity index (χ4n) is 0.884. The van der Waals surface area contributed by atoms with E-state index < -0.39 is 39.7 Å². The predicted octanol–water partition coefficient (Wildman–Crippen LogP) is -3.81. The van der Waals surface area contributed by atoms with Crippen LogP contribution in [0.25, 0.3) is 0 Å². The quantitative estimate of drug-likeness (QED) is 0.217. The van der Waals surface area contributed by atoms with Gasteiger partial charge in [0.25, 0.3) is 10.1 Å². The van der Waals surface area contributed by atoms with E-state index in [1.807, 2.05) is 0 Å². The molecule has 0 aromatic rings. The summed E-state index contributed by atoms with van der Waals surface area (Å²) in [7, 11) is -5.17. The molecule has 3 unspecified atom stereocenters. The second-order valence-electron chi connectivity index (χ2n) is 2.77. The Bertz CT molecular complexity index is 381. The molecule has 0 aromatic carbocycles. The van der Waals surface area contributed by atoms with Crippen molar-refractivity contribution in [3.8, 4) is 0 Å². The van der Waals surface area contributed by atoms with Crippen LogP contribution in [0.5, 0.6) is 0 Å². The van der Waals surface area contributed by atoms with Crippen molar-refractivity contribution < 1.29 is 42.6 Å². The van der Waals surface area contributed by atoms with E-state index >= 15 is 0 Å². The Morgan fingerprint density at radius 1 is 1.05 bits per heavy atom. The number of aliphatic carboxylic acids is 2. The van der Waals surface area contributed by atoms with Gasteiger partial charge < -0.3 is 20.1 Å². The zero-order valence-electron chi connectivity index (χ0n) is 7.97. The third kappa shape index (κ3) is 11.0. The van der Waals surface area contributed by atoms with Gasteiger partial charge in [0.15, 0.2) is 12.4 Å². The molecule has 19 heavy (non-hydrogen) atoms. The number of carboxylic acid groups (broad SMARTS) is 2. The standard InChI is InChI=1S/C6H10O9S.3Na.3H/c1-2(7)15-3(5(8)9)4(6(10)11)16(12,13)14;;;;;;/h2-4,7H,1H3,(H,8,9)(H,10,11)(H,12,13,14);;;;;;. The zero-order chi connectivity index (χ0) is 13.1. The summed E-state index contributed by atoms with van der Waals surface area (Å²) in [6, 6.07) is 0. The first-order valence-corrected chi connectivity index (χ1v) is 5.33. The van der Waals surface area contributed by atoms with Gasteiger partial charge in [-0.2, -0.15) is 8.42 Å². The molecular weight excluding hydrogens is 317 g/mol. The third-order valence-electron chi connectivity index (χ3n) is 1.43. The fraction of sp³-hybridized carbons (Fsp3) is 0.667. The molecule has 0 radical (unpaired) electrons. The SMILES string of the molecule is CC(O)OC(C(=O)O)C(C(=O)O)S(=O)(=O)O.[NaH].[NaH].[NaH]. The van der Waals surface area contributed by atoms with Crippen molar-refractivity contribution in [1.29, 1.82) is 0 Å². The summed E-state index contributed by atoms with van der Waals surface area (Å²) >= 11 is 0. The number of aliphatic hydroxyl groups excluding tert-OH is 1. The van der Waals surface area contributed by atoms with E-state index in [0.29, 0.717) is 0 Å². The number of carbonyl (C=O) groups is 2. The number of ether oxygens (including phenoxy) is 1. The molecule has 0 aliphatic heterocycles. The summed E-state index contributed by atoms with van der Waals surface area (Å²) in [6.45, 7) is 0.957. The number of hydrogen-bond acceptors (Lipinski definition) is 6. The average Bonchev–Trinajstić information content (AvgIpc) is 1.97. The molecule has 0 heterocycles. The van der Waals surface area contributed by atoms with Crippen LogP contribution in [0.1, 0.15) is 6.92 Å². The van der Waals surface area contributed by atoms with Crippen LogP contribution in [0.4, 0.5) is 0 Å². The fourth-order valence-corrected chi connectivity index (χ4v) is 1.63. The van der Waals surface area contributed by atoms with Crippen LogP contribution in [0.15, 0.2) is 0 Å². The molecule has 9 nitrogen and oxygen atoms in total. The second kappa shape index (κ2) is 12.3. The molecule has 0 aromatic heterocycles. The second-order valence-corrected chi connectivity index (χ2v) is 4.31. The predicted molar refractivity (Wildman–Crippen MR) is 68.6 cm³/mol. The summed E-state index contributed by atoms with van der Waals surface area (Å²) in [5, 5.41) is 23.0. The van der Waals surface area contributed by atoms with Gasteiger partial charge >= 0.3 is 101 Å². The normalized spacial score (nSPS) is 14.7. The molecule has 0 aliphatic carbocycles. The van der Waals surface area contributed by atoms with Gasteiger partial charge in [-0.25, -0.2) is 4.79 Å². The van der Waals surface area contributed by atoms with Gasteiger partial charge in [0.05, 0.1) is 0 Å². The van der Waals surface area contributed by atoms with Gasteiger partial charge in [0.1, 0.15) is 0 Å². The Morgan fingerprint density at radius 3 is 1.58 bits per heavy atom. The van der Waals surface area contributed by atoms with Crippen molar-refractivity contribution in [1.82, 2.24) is 0 Å². The van der Waals surface area contributed by atoms with Gasteiger partial charge in [0, 0.05) is 0 Å². The molecule has 4 N–H and O–H groups in total. The molecule has 0 aliphatic rings. The van der Waals surface area contributed by atoms with E-state index in [1.54, 1.807) is 0 Å². The van der Waals surface area contributed by atoms with E-state index in [2.05, 4.69) is 4.74 Å². The van der Waals surface area contributed by atoms with E-state index in [9.17, 15) is 18.0 Å². The van der Waals surface area contributed by atoms with Crippen molar-refractivity contribution in [2.24, 2.45) is 0 Å². The molecule has 0 saturated heterocycles. The van der Waals surface area contributed by atoms with Crippen molar-refractivity contribution >= 4 is 111 Å². The summed E-state index contributed by atoms with van der Waals surface area (Å²) in [6.07, 6.45) is -4.11. The summed E-state index contributed by atoms with van der Waals surface area (Å²) in [5.74, 6) is -4.04. The minimum absolute atomic E-state index is 0. The maximum absolute atomic E-state index is 10.7. The summed E-state index contributed by atoms with van der Waals surface area (Å²) in [4.78, 5) is 21.1. The van der Waals surface area contributed by atoms with E-state index in [1.165, 1.54) is 0 Å². The molecule has 3 atom stereocenters. The van der Waals surface area contributed by atoms with Crippen LogP contribution in [0.3, 0.4) is 0 Å². The molecular formula is C6H13Na3O9S. The van der Waals surface area contributed by atoms with Gasteiger partial charge in [-0.15, -0.1) is 0 Å². The Balaban J connectivity index is -0.000000375. The van der Waals surface area contributed by atoms with Crippen LogP contribution >= 0.6 is 0 Å². The Morgan fingerprint density at radius 2 is 1.42 bits per heavy atom. The summed E-state index contributed by atoms with van der Waals surface area (Å²) < 4.78 is 34.0. The van der Waals surface area contributed by atoms with Crippen LogP contribution in [-0.4, -0.2) is 147 Å². The molecule has 0 saturated carbocycles. The van der Waals surface area contributed by atoms with Crippen LogP contribution in [0.2, 0.25) is 0 Å². The van der Waals surface area contributed by atoms with Crippen molar-refractivity contribution in [2.45, 2.75) is 24.6 Å².